The molecule has 1 aromatic rings. The smallest absolute Gasteiger partial charge is 0.120 e. The molecule has 1 N–H and O–H groups in total. The largest absolute Gasteiger partial charge is 0.490 e. The van der Waals surface area contributed by atoms with Gasteiger partial charge in [0.2, 0.25) is 0 Å². The molecule has 1 atom stereocenters. The maximum Gasteiger partial charge on any atom is 0.120 e. The van der Waals surface area contributed by atoms with Crippen molar-refractivity contribution in [1.82, 2.24) is 5.32 Å². The highest BCUT2D eigenvalue weighted by Crippen LogP contribution is 2.30. The standard InChI is InChI=1S/C14H19NO/c1-3-11(12-4-2-8-15-10-12)9-14(5-1)16-13-6-7-13/h1,3,5,9,12-13,15H,2,4,6-8,10H2. The van der Waals surface area contributed by atoms with Crippen molar-refractivity contribution < 1.29 is 4.74 Å². The van der Waals surface area contributed by atoms with Crippen molar-refractivity contribution in [3.8, 4) is 5.75 Å². The highest BCUT2D eigenvalue weighted by atomic mass is 16.5. The molecule has 0 aromatic heterocycles. The Kier molecular flexibility index (Phi) is 2.83. The van der Waals surface area contributed by atoms with Crippen LogP contribution in [-0.4, -0.2) is 19.2 Å². The first kappa shape index (κ1) is 10.2. The first-order valence-electron chi connectivity index (χ1n) is 6.39. The van der Waals surface area contributed by atoms with Gasteiger partial charge in [-0.1, -0.05) is 12.1 Å². The van der Waals surface area contributed by atoms with Crippen LogP contribution in [0.4, 0.5) is 0 Å². The number of rotatable bonds is 3. The van der Waals surface area contributed by atoms with Gasteiger partial charge in [0.1, 0.15) is 5.75 Å². The number of hydrogen-bond acceptors (Lipinski definition) is 2. The van der Waals surface area contributed by atoms with Gasteiger partial charge in [0.15, 0.2) is 0 Å². The minimum Gasteiger partial charge on any atom is -0.490 e. The van der Waals surface area contributed by atoms with E-state index in [0.29, 0.717) is 12.0 Å². The van der Waals surface area contributed by atoms with Crippen LogP contribution >= 0.6 is 0 Å². The molecule has 1 heterocycles. The minimum absolute atomic E-state index is 0.500. The Morgan fingerprint density at radius 2 is 2.12 bits per heavy atom. The third-order valence-electron chi connectivity index (χ3n) is 3.45. The maximum absolute atomic E-state index is 5.84. The summed E-state index contributed by atoms with van der Waals surface area (Å²) in [4.78, 5) is 0. The number of piperidine rings is 1. The molecule has 2 heteroatoms. The average molecular weight is 217 g/mol. The van der Waals surface area contributed by atoms with Crippen molar-refractivity contribution >= 4 is 0 Å². The van der Waals surface area contributed by atoms with Gasteiger partial charge >= 0.3 is 0 Å². The van der Waals surface area contributed by atoms with Gasteiger partial charge in [0.05, 0.1) is 6.10 Å². The van der Waals surface area contributed by atoms with Crippen molar-refractivity contribution in [3.05, 3.63) is 29.8 Å². The Balaban J connectivity index is 1.72. The second-order valence-electron chi connectivity index (χ2n) is 4.93. The predicted octanol–water partition coefficient (Wildman–Crippen LogP) is 2.69. The molecule has 2 fully saturated rings. The lowest BCUT2D eigenvalue weighted by atomic mass is 9.92. The van der Waals surface area contributed by atoms with Gasteiger partial charge in [-0.15, -0.1) is 0 Å². The van der Waals surface area contributed by atoms with Crippen molar-refractivity contribution in [3.63, 3.8) is 0 Å². The third-order valence-corrected chi connectivity index (χ3v) is 3.45. The topological polar surface area (TPSA) is 21.3 Å². The zero-order chi connectivity index (χ0) is 10.8. The Morgan fingerprint density at radius 3 is 2.88 bits per heavy atom. The molecule has 0 spiro atoms. The van der Waals surface area contributed by atoms with Crippen LogP contribution in [0.15, 0.2) is 24.3 Å². The van der Waals surface area contributed by atoms with Gasteiger partial charge in [0.25, 0.3) is 0 Å². The van der Waals surface area contributed by atoms with Gasteiger partial charge in [-0.2, -0.15) is 0 Å². The van der Waals surface area contributed by atoms with Crippen molar-refractivity contribution in [2.45, 2.75) is 37.7 Å². The second kappa shape index (κ2) is 4.46. The Bertz CT molecular complexity index is 354. The molecule has 0 radical (unpaired) electrons. The van der Waals surface area contributed by atoms with E-state index in [-0.39, 0.29) is 0 Å². The van der Waals surface area contributed by atoms with E-state index in [2.05, 4.69) is 29.6 Å². The first-order chi connectivity index (χ1) is 7.92. The SMILES string of the molecule is c1cc(OC2CC2)cc(C2CCCNC2)c1. The molecule has 1 saturated carbocycles. The number of nitrogens with one attached hydrogen (secondary N) is 1. The molecule has 16 heavy (non-hydrogen) atoms. The Hall–Kier alpha value is -1.02. The molecule has 2 nitrogen and oxygen atoms in total. The van der Waals surface area contributed by atoms with Crippen molar-refractivity contribution in [2.75, 3.05) is 13.1 Å². The molecule has 86 valence electrons. The molecule has 0 amide bonds. The van der Waals surface area contributed by atoms with E-state index in [1.807, 2.05) is 0 Å². The maximum atomic E-state index is 5.84. The molecule has 1 aromatic carbocycles. The fourth-order valence-electron chi connectivity index (χ4n) is 2.36. The highest BCUT2D eigenvalue weighted by Gasteiger charge is 2.24. The van der Waals surface area contributed by atoms with Crippen LogP contribution in [0.1, 0.15) is 37.2 Å². The molecule has 1 unspecified atom stereocenters. The van der Waals surface area contributed by atoms with Crippen LogP contribution < -0.4 is 10.1 Å². The van der Waals surface area contributed by atoms with Crippen LogP contribution in [0.3, 0.4) is 0 Å². The van der Waals surface area contributed by atoms with E-state index in [1.54, 1.807) is 0 Å². The fourth-order valence-corrected chi connectivity index (χ4v) is 2.36. The van der Waals surface area contributed by atoms with Crippen LogP contribution in [0, 0.1) is 0 Å². The second-order valence-corrected chi connectivity index (χ2v) is 4.93. The van der Waals surface area contributed by atoms with Crippen LogP contribution in [0.5, 0.6) is 5.75 Å². The summed E-state index contributed by atoms with van der Waals surface area (Å²) in [6.07, 6.45) is 5.56. The van der Waals surface area contributed by atoms with Gasteiger partial charge in [0, 0.05) is 6.54 Å². The quantitative estimate of drug-likeness (QED) is 0.840. The minimum atomic E-state index is 0.500. The third kappa shape index (κ3) is 2.38. The summed E-state index contributed by atoms with van der Waals surface area (Å²) < 4.78 is 5.84. The summed E-state index contributed by atoms with van der Waals surface area (Å²) in [6, 6.07) is 8.67. The fraction of sp³-hybridized carbons (Fsp3) is 0.571. The summed E-state index contributed by atoms with van der Waals surface area (Å²) in [5, 5.41) is 3.47. The summed E-state index contributed by atoms with van der Waals surface area (Å²) in [6.45, 7) is 2.29. The summed E-state index contributed by atoms with van der Waals surface area (Å²) in [7, 11) is 0. The van der Waals surface area contributed by atoms with Crippen LogP contribution in [0.25, 0.3) is 0 Å². The molecular formula is C14H19NO. The van der Waals surface area contributed by atoms with Gasteiger partial charge < -0.3 is 10.1 Å². The lowest BCUT2D eigenvalue weighted by molar-refractivity contribution is 0.302. The molecular weight excluding hydrogens is 198 g/mol. The van der Waals surface area contributed by atoms with E-state index >= 15 is 0 Å². The molecule has 1 saturated heterocycles. The lowest BCUT2D eigenvalue weighted by Gasteiger charge is -2.23. The van der Waals surface area contributed by atoms with Crippen molar-refractivity contribution in [2.24, 2.45) is 0 Å². The first-order valence-corrected chi connectivity index (χ1v) is 6.39. The predicted molar refractivity (Wildman–Crippen MR) is 64.9 cm³/mol. The number of ether oxygens (including phenoxy) is 1. The highest BCUT2D eigenvalue weighted by molar-refractivity contribution is 5.31. The van der Waals surface area contributed by atoms with Crippen LogP contribution in [0.2, 0.25) is 0 Å². The number of benzene rings is 1. The van der Waals surface area contributed by atoms with Crippen LogP contribution in [-0.2, 0) is 0 Å². The van der Waals surface area contributed by atoms with Crippen molar-refractivity contribution in [1.29, 1.82) is 0 Å². The average Bonchev–Trinajstić information content (AvgIpc) is 3.15. The van der Waals surface area contributed by atoms with E-state index in [4.69, 9.17) is 4.74 Å². The molecule has 2 aliphatic rings. The zero-order valence-electron chi connectivity index (χ0n) is 9.61. The van der Waals surface area contributed by atoms with E-state index in [1.165, 1.54) is 37.8 Å². The monoisotopic (exact) mass is 217 g/mol. The zero-order valence-corrected chi connectivity index (χ0v) is 9.61. The molecule has 3 rings (SSSR count). The van der Waals surface area contributed by atoms with Gasteiger partial charge in [-0.25, -0.2) is 0 Å². The number of hydrogen-bond donors (Lipinski definition) is 1. The van der Waals surface area contributed by atoms with E-state index in [9.17, 15) is 0 Å². The Labute approximate surface area is 97.0 Å². The molecule has 0 bridgehead atoms. The molecule has 1 aliphatic carbocycles. The Morgan fingerprint density at radius 1 is 1.19 bits per heavy atom. The van der Waals surface area contributed by atoms with Gasteiger partial charge in [-0.05, 0) is 55.8 Å². The van der Waals surface area contributed by atoms with Gasteiger partial charge in [-0.3, -0.25) is 0 Å². The van der Waals surface area contributed by atoms with E-state index < -0.39 is 0 Å². The molecule has 1 aliphatic heterocycles. The summed E-state index contributed by atoms with van der Waals surface area (Å²) in [5.74, 6) is 1.74. The lowest BCUT2D eigenvalue weighted by Crippen LogP contribution is -2.28. The summed E-state index contributed by atoms with van der Waals surface area (Å²) in [5.41, 5.74) is 1.44. The van der Waals surface area contributed by atoms with E-state index in [0.717, 1.165) is 12.3 Å². The normalized spacial score (nSPS) is 25.4. The summed E-state index contributed by atoms with van der Waals surface area (Å²) >= 11 is 0.